The minimum Gasteiger partial charge on any atom is -0.493 e. The highest BCUT2D eigenvalue weighted by atomic mass is 32.1. The monoisotopic (exact) mass is 292 g/mol. The van der Waals surface area contributed by atoms with Crippen LogP contribution < -0.4 is 15.2 Å². The Morgan fingerprint density at radius 2 is 2.00 bits per heavy atom. The SMILES string of the molecule is COc1ccc(Cc2nc(CCCN)cs2)cc1OC. The Kier molecular flexibility index (Phi) is 5.38. The quantitative estimate of drug-likeness (QED) is 0.852. The zero-order valence-electron chi connectivity index (χ0n) is 11.9. The molecule has 0 bridgehead atoms. The molecule has 2 rings (SSSR count). The molecule has 0 atom stereocenters. The summed E-state index contributed by atoms with van der Waals surface area (Å²) in [6.45, 7) is 0.711. The van der Waals surface area contributed by atoms with E-state index < -0.39 is 0 Å². The summed E-state index contributed by atoms with van der Waals surface area (Å²) in [5.41, 5.74) is 7.82. The lowest BCUT2D eigenvalue weighted by Gasteiger charge is -2.08. The van der Waals surface area contributed by atoms with Crippen molar-refractivity contribution in [1.29, 1.82) is 0 Å². The average Bonchev–Trinajstić information content (AvgIpc) is 2.92. The minimum atomic E-state index is 0.711. The van der Waals surface area contributed by atoms with Crippen molar-refractivity contribution in [3.63, 3.8) is 0 Å². The molecule has 20 heavy (non-hydrogen) atoms. The molecule has 5 heteroatoms. The number of rotatable bonds is 7. The van der Waals surface area contributed by atoms with Crippen LogP contribution in [0.1, 0.15) is 22.7 Å². The first-order valence-electron chi connectivity index (χ1n) is 6.61. The number of nitrogens with zero attached hydrogens (tertiary/aromatic N) is 1. The molecule has 0 aliphatic rings. The number of aromatic nitrogens is 1. The van der Waals surface area contributed by atoms with E-state index in [1.165, 1.54) is 5.56 Å². The van der Waals surface area contributed by atoms with E-state index >= 15 is 0 Å². The number of thiazole rings is 1. The summed E-state index contributed by atoms with van der Waals surface area (Å²) in [6.07, 6.45) is 2.76. The highest BCUT2D eigenvalue weighted by Crippen LogP contribution is 2.28. The second-order valence-electron chi connectivity index (χ2n) is 4.49. The Labute approximate surface area is 123 Å². The largest absolute Gasteiger partial charge is 0.493 e. The Balaban J connectivity index is 2.07. The molecule has 2 aromatic rings. The first-order valence-corrected chi connectivity index (χ1v) is 7.49. The molecule has 108 valence electrons. The summed E-state index contributed by atoms with van der Waals surface area (Å²) < 4.78 is 10.6. The highest BCUT2D eigenvalue weighted by Gasteiger charge is 2.07. The normalized spacial score (nSPS) is 10.6. The van der Waals surface area contributed by atoms with Gasteiger partial charge in [-0.15, -0.1) is 11.3 Å². The summed E-state index contributed by atoms with van der Waals surface area (Å²) in [5, 5.41) is 3.23. The van der Waals surface area contributed by atoms with Gasteiger partial charge < -0.3 is 15.2 Å². The van der Waals surface area contributed by atoms with Crippen LogP contribution in [0, 0.1) is 0 Å². The molecule has 0 spiro atoms. The number of benzene rings is 1. The van der Waals surface area contributed by atoms with E-state index in [2.05, 4.69) is 10.4 Å². The van der Waals surface area contributed by atoms with Crippen molar-refractivity contribution in [2.45, 2.75) is 19.3 Å². The van der Waals surface area contributed by atoms with Gasteiger partial charge in [0, 0.05) is 11.8 Å². The number of hydrogen-bond donors (Lipinski definition) is 1. The van der Waals surface area contributed by atoms with Crippen LogP contribution in [0.3, 0.4) is 0 Å². The van der Waals surface area contributed by atoms with Crippen molar-refractivity contribution < 1.29 is 9.47 Å². The van der Waals surface area contributed by atoms with E-state index in [0.717, 1.165) is 41.5 Å². The van der Waals surface area contributed by atoms with E-state index in [1.807, 2.05) is 18.2 Å². The molecule has 0 unspecified atom stereocenters. The van der Waals surface area contributed by atoms with Crippen molar-refractivity contribution in [2.75, 3.05) is 20.8 Å². The predicted molar refractivity (Wildman–Crippen MR) is 81.8 cm³/mol. The van der Waals surface area contributed by atoms with Crippen molar-refractivity contribution >= 4 is 11.3 Å². The van der Waals surface area contributed by atoms with Gasteiger partial charge in [-0.05, 0) is 37.1 Å². The van der Waals surface area contributed by atoms with Gasteiger partial charge in [0.05, 0.1) is 24.9 Å². The molecule has 0 saturated carbocycles. The number of aryl methyl sites for hydroxylation is 1. The summed E-state index contributed by atoms with van der Waals surface area (Å²) in [6, 6.07) is 5.97. The van der Waals surface area contributed by atoms with Crippen LogP contribution in [-0.4, -0.2) is 25.7 Å². The third-order valence-electron chi connectivity index (χ3n) is 3.04. The molecule has 1 aromatic heterocycles. The summed E-state index contributed by atoms with van der Waals surface area (Å²) in [5.74, 6) is 1.50. The maximum Gasteiger partial charge on any atom is 0.160 e. The molecule has 2 N–H and O–H groups in total. The maximum atomic E-state index is 5.52. The van der Waals surface area contributed by atoms with Crippen molar-refractivity contribution in [3.8, 4) is 11.5 Å². The van der Waals surface area contributed by atoms with E-state index in [0.29, 0.717) is 6.54 Å². The van der Waals surface area contributed by atoms with Crippen LogP contribution in [0.4, 0.5) is 0 Å². The number of methoxy groups -OCH3 is 2. The second kappa shape index (κ2) is 7.26. The molecule has 0 aliphatic carbocycles. The van der Waals surface area contributed by atoms with Gasteiger partial charge in [0.2, 0.25) is 0 Å². The first-order chi connectivity index (χ1) is 9.76. The lowest BCUT2D eigenvalue weighted by molar-refractivity contribution is 0.354. The Bertz CT molecular complexity index is 555. The van der Waals surface area contributed by atoms with Gasteiger partial charge in [-0.1, -0.05) is 6.07 Å². The molecule has 4 nitrogen and oxygen atoms in total. The fourth-order valence-corrected chi connectivity index (χ4v) is 2.86. The fourth-order valence-electron chi connectivity index (χ4n) is 1.99. The third kappa shape index (κ3) is 3.71. The smallest absolute Gasteiger partial charge is 0.160 e. The maximum absolute atomic E-state index is 5.52. The first kappa shape index (κ1) is 14.8. The second-order valence-corrected chi connectivity index (χ2v) is 5.43. The zero-order valence-corrected chi connectivity index (χ0v) is 12.7. The number of ether oxygens (including phenoxy) is 2. The molecule has 1 aromatic carbocycles. The molecule has 0 fully saturated rings. The van der Waals surface area contributed by atoms with Gasteiger partial charge in [0.25, 0.3) is 0 Å². The summed E-state index contributed by atoms with van der Waals surface area (Å²) in [7, 11) is 3.29. The molecular weight excluding hydrogens is 272 g/mol. The van der Waals surface area contributed by atoms with Crippen LogP contribution in [0.25, 0.3) is 0 Å². The van der Waals surface area contributed by atoms with Gasteiger partial charge in [0.15, 0.2) is 11.5 Å². The average molecular weight is 292 g/mol. The van der Waals surface area contributed by atoms with Crippen LogP contribution in [0.15, 0.2) is 23.6 Å². The Morgan fingerprint density at radius 1 is 1.20 bits per heavy atom. The minimum absolute atomic E-state index is 0.711. The number of nitrogens with two attached hydrogens (primary N) is 1. The van der Waals surface area contributed by atoms with Gasteiger partial charge in [-0.3, -0.25) is 0 Å². The van der Waals surface area contributed by atoms with Gasteiger partial charge >= 0.3 is 0 Å². The van der Waals surface area contributed by atoms with E-state index in [1.54, 1.807) is 25.6 Å². The van der Waals surface area contributed by atoms with Crippen molar-refractivity contribution in [3.05, 3.63) is 39.8 Å². The van der Waals surface area contributed by atoms with Gasteiger partial charge in [-0.25, -0.2) is 4.98 Å². The molecule has 0 amide bonds. The predicted octanol–water partition coefficient (Wildman–Crippen LogP) is 2.64. The Hall–Kier alpha value is -1.59. The highest BCUT2D eigenvalue weighted by molar-refractivity contribution is 7.09. The number of hydrogen-bond acceptors (Lipinski definition) is 5. The lowest BCUT2D eigenvalue weighted by Crippen LogP contribution is -2.00. The van der Waals surface area contributed by atoms with Crippen molar-refractivity contribution in [1.82, 2.24) is 4.98 Å². The van der Waals surface area contributed by atoms with Crippen LogP contribution in [0.2, 0.25) is 0 Å². The van der Waals surface area contributed by atoms with Gasteiger partial charge in [0.1, 0.15) is 0 Å². The lowest BCUT2D eigenvalue weighted by atomic mass is 10.1. The van der Waals surface area contributed by atoms with Crippen LogP contribution in [-0.2, 0) is 12.8 Å². The van der Waals surface area contributed by atoms with Gasteiger partial charge in [-0.2, -0.15) is 0 Å². The summed E-state index contributed by atoms with van der Waals surface area (Å²) >= 11 is 1.69. The third-order valence-corrected chi connectivity index (χ3v) is 3.94. The molecule has 1 heterocycles. The zero-order chi connectivity index (χ0) is 14.4. The van der Waals surface area contributed by atoms with Crippen molar-refractivity contribution in [2.24, 2.45) is 5.73 Å². The molecular formula is C15H20N2O2S. The van der Waals surface area contributed by atoms with Crippen LogP contribution in [0.5, 0.6) is 11.5 Å². The van der Waals surface area contributed by atoms with Crippen LogP contribution >= 0.6 is 11.3 Å². The standard InChI is InChI=1S/C15H20N2O2S/c1-18-13-6-5-11(8-14(13)19-2)9-15-17-12(10-20-15)4-3-7-16/h5-6,8,10H,3-4,7,9,16H2,1-2H3. The molecule has 0 saturated heterocycles. The van der Waals surface area contributed by atoms with E-state index in [4.69, 9.17) is 15.2 Å². The fraction of sp³-hybridized carbons (Fsp3) is 0.400. The molecule has 0 radical (unpaired) electrons. The topological polar surface area (TPSA) is 57.4 Å². The summed E-state index contributed by atoms with van der Waals surface area (Å²) in [4.78, 5) is 4.63. The van der Waals surface area contributed by atoms with E-state index in [-0.39, 0.29) is 0 Å². The molecule has 0 aliphatic heterocycles. The Morgan fingerprint density at radius 3 is 2.70 bits per heavy atom. The van der Waals surface area contributed by atoms with E-state index in [9.17, 15) is 0 Å².